The number of aldehydes is 1. The Morgan fingerprint density at radius 2 is 2.20 bits per heavy atom. The summed E-state index contributed by atoms with van der Waals surface area (Å²) in [6.07, 6.45) is 0.716. The Kier molecular flexibility index (Phi) is 6.91. The lowest BCUT2D eigenvalue weighted by atomic mass is 10.2. The average Bonchev–Trinajstić information content (AvgIpc) is 3.00. The second kappa shape index (κ2) is 9.14. The van der Waals surface area contributed by atoms with Crippen molar-refractivity contribution in [1.82, 2.24) is 4.98 Å². The molecule has 25 heavy (non-hydrogen) atoms. The maximum atomic E-state index is 11.9. The van der Waals surface area contributed by atoms with Crippen LogP contribution in [0.3, 0.4) is 0 Å². The van der Waals surface area contributed by atoms with Crippen molar-refractivity contribution < 1.29 is 23.9 Å². The molecule has 0 spiro atoms. The zero-order chi connectivity index (χ0) is 18.2. The van der Waals surface area contributed by atoms with E-state index in [1.54, 1.807) is 12.3 Å². The van der Waals surface area contributed by atoms with Gasteiger partial charge in [0.1, 0.15) is 12.0 Å². The van der Waals surface area contributed by atoms with Crippen LogP contribution in [0.2, 0.25) is 5.02 Å². The van der Waals surface area contributed by atoms with Crippen LogP contribution in [-0.2, 0) is 20.7 Å². The summed E-state index contributed by atoms with van der Waals surface area (Å²) >= 11 is 7.16. The molecule has 0 fully saturated rings. The predicted octanol–water partition coefficient (Wildman–Crippen LogP) is 2.73. The van der Waals surface area contributed by atoms with Gasteiger partial charge in [0.2, 0.25) is 0 Å². The topological polar surface area (TPSA) is 94.6 Å². The largest absolute Gasteiger partial charge is 0.482 e. The molecule has 7 nitrogen and oxygen atoms in total. The third kappa shape index (κ3) is 5.84. The van der Waals surface area contributed by atoms with Crippen molar-refractivity contribution in [3.05, 3.63) is 39.9 Å². The van der Waals surface area contributed by atoms with Gasteiger partial charge in [-0.15, -0.1) is 11.3 Å². The number of ether oxygens (including phenoxy) is 2. The fourth-order valence-corrected chi connectivity index (χ4v) is 2.78. The maximum Gasteiger partial charge on any atom is 0.311 e. The van der Waals surface area contributed by atoms with Crippen molar-refractivity contribution in [2.75, 3.05) is 18.5 Å². The van der Waals surface area contributed by atoms with E-state index in [2.05, 4.69) is 10.3 Å². The minimum atomic E-state index is -0.424. The normalized spacial score (nSPS) is 10.2. The highest BCUT2D eigenvalue weighted by molar-refractivity contribution is 7.13. The first-order valence-corrected chi connectivity index (χ1v) is 8.55. The summed E-state index contributed by atoms with van der Waals surface area (Å²) in [7, 11) is 0. The van der Waals surface area contributed by atoms with E-state index in [-0.39, 0.29) is 24.0 Å². The maximum absolute atomic E-state index is 11.9. The first-order valence-electron chi connectivity index (χ1n) is 7.29. The van der Waals surface area contributed by atoms with E-state index in [9.17, 15) is 14.4 Å². The zero-order valence-electron chi connectivity index (χ0n) is 13.3. The molecular formula is C16H15ClN2O5S. The van der Waals surface area contributed by atoms with Crippen LogP contribution in [0.4, 0.5) is 5.13 Å². The molecule has 0 unspecified atom stereocenters. The predicted molar refractivity (Wildman–Crippen MR) is 93.4 cm³/mol. The second-order valence-electron chi connectivity index (χ2n) is 4.77. The molecule has 0 saturated heterocycles. The Morgan fingerprint density at radius 1 is 1.40 bits per heavy atom. The van der Waals surface area contributed by atoms with Crippen LogP contribution in [0, 0.1) is 0 Å². The van der Waals surface area contributed by atoms with Crippen LogP contribution in [0.25, 0.3) is 0 Å². The Morgan fingerprint density at radius 3 is 2.88 bits per heavy atom. The monoisotopic (exact) mass is 382 g/mol. The molecule has 1 aromatic carbocycles. The summed E-state index contributed by atoms with van der Waals surface area (Å²) in [6.45, 7) is 1.76. The second-order valence-corrected chi connectivity index (χ2v) is 6.04. The number of aromatic nitrogens is 1. The summed E-state index contributed by atoms with van der Waals surface area (Å²) in [5.74, 6) is -0.500. The van der Waals surface area contributed by atoms with Gasteiger partial charge in [-0.3, -0.25) is 19.7 Å². The first kappa shape index (κ1) is 18.9. The molecule has 0 aliphatic carbocycles. The quantitative estimate of drug-likeness (QED) is 0.557. The molecule has 9 heteroatoms. The number of carbonyl (C=O) groups excluding carboxylic acids is 3. The fraction of sp³-hybridized carbons (Fsp3) is 0.250. The van der Waals surface area contributed by atoms with Crippen LogP contribution in [0.15, 0.2) is 23.6 Å². The van der Waals surface area contributed by atoms with E-state index in [1.807, 2.05) is 0 Å². The molecule has 0 aliphatic heterocycles. The molecule has 0 radical (unpaired) electrons. The number of amides is 1. The third-order valence-electron chi connectivity index (χ3n) is 2.88. The van der Waals surface area contributed by atoms with Crippen molar-refractivity contribution in [2.45, 2.75) is 13.3 Å². The SMILES string of the molecule is CCOC(=O)Cc1csc(NC(=O)COc2ccc(C=O)cc2Cl)n1. The number of benzene rings is 1. The molecule has 1 heterocycles. The van der Waals surface area contributed by atoms with Crippen LogP contribution < -0.4 is 10.1 Å². The number of nitrogens with zero attached hydrogens (tertiary/aromatic N) is 1. The summed E-state index contributed by atoms with van der Waals surface area (Å²) in [6, 6.07) is 4.50. The number of hydrogen-bond donors (Lipinski definition) is 1. The van der Waals surface area contributed by atoms with Crippen molar-refractivity contribution >= 4 is 46.2 Å². The highest BCUT2D eigenvalue weighted by Crippen LogP contribution is 2.25. The molecule has 2 rings (SSSR count). The van der Waals surface area contributed by atoms with Gasteiger partial charge in [-0.1, -0.05) is 11.6 Å². The van der Waals surface area contributed by atoms with Gasteiger partial charge in [0, 0.05) is 10.9 Å². The van der Waals surface area contributed by atoms with E-state index in [1.165, 1.54) is 29.5 Å². The lowest BCUT2D eigenvalue weighted by Gasteiger charge is -2.07. The number of hydrogen-bond acceptors (Lipinski definition) is 7. The van der Waals surface area contributed by atoms with E-state index < -0.39 is 5.91 Å². The summed E-state index contributed by atoms with van der Waals surface area (Å²) in [5.41, 5.74) is 0.936. The minimum Gasteiger partial charge on any atom is -0.482 e. The number of rotatable bonds is 8. The Balaban J connectivity index is 1.85. The van der Waals surface area contributed by atoms with Crippen LogP contribution >= 0.6 is 22.9 Å². The van der Waals surface area contributed by atoms with E-state index in [0.29, 0.717) is 35.0 Å². The smallest absolute Gasteiger partial charge is 0.311 e. The van der Waals surface area contributed by atoms with Crippen molar-refractivity contribution in [2.24, 2.45) is 0 Å². The lowest BCUT2D eigenvalue weighted by Crippen LogP contribution is -2.20. The summed E-state index contributed by atoms with van der Waals surface area (Å²) in [4.78, 5) is 38.1. The standard InChI is InChI=1S/C16H15ClN2O5S/c1-2-23-15(22)6-11-9-25-16(18-11)19-14(21)8-24-13-4-3-10(7-20)5-12(13)17/h3-5,7,9H,2,6,8H2,1H3,(H,18,19,21). The number of anilines is 1. The van der Waals surface area contributed by atoms with Gasteiger partial charge in [0.25, 0.3) is 5.91 Å². The molecular weight excluding hydrogens is 368 g/mol. The number of thiazole rings is 1. The van der Waals surface area contributed by atoms with Gasteiger partial charge >= 0.3 is 5.97 Å². The summed E-state index contributed by atoms with van der Waals surface area (Å²) in [5, 5.41) is 4.84. The van der Waals surface area contributed by atoms with E-state index >= 15 is 0 Å². The number of halogens is 1. The molecule has 2 aromatic rings. The van der Waals surface area contributed by atoms with Gasteiger partial charge in [-0.05, 0) is 25.1 Å². The summed E-state index contributed by atoms with van der Waals surface area (Å²) < 4.78 is 10.2. The molecule has 1 N–H and O–H groups in total. The van der Waals surface area contributed by atoms with Gasteiger partial charge in [0.05, 0.1) is 23.7 Å². The highest BCUT2D eigenvalue weighted by atomic mass is 35.5. The Labute approximate surface area is 152 Å². The van der Waals surface area contributed by atoms with Crippen LogP contribution in [0.5, 0.6) is 5.75 Å². The molecule has 0 bridgehead atoms. The lowest BCUT2D eigenvalue weighted by molar-refractivity contribution is -0.142. The number of carbonyl (C=O) groups is 3. The van der Waals surface area contributed by atoms with Crippen molar-refractivity contribution in [1.29, 1.82) is 0 Å². The fourth-order valence-electron chi connectivity index (χ4n) is 1.81. The molecule has 0 aliphatic rings. The molecule has 0 saturated carbocycles. The minimum absolute atomic E-state index is 0.0510. The average molecular weight is 383 g/mol. The molecule has 132 valence electrons. The van der Waals surface area contributed by atoms with E-state index in [4.69, 9.17) is 21.1 Å². The van der Waals surface area contributed by atoms with Crippen LogP contribution in [0.1, 0.15) is 23.0 Å². The van der Waals surface area contributed by atoms with Crippen LogP contribution in [-0.4, -0.2) is 36.4 Å². The Bertz CT molecular complexity index is 778. The number of esters is 1. The molecule has 1 aromatic heterocycles. The highest BCUT2D eigenvalue weighted by Gasteiger charge is 2.11. The first-order chi connectivity index (χ1) is 12.0. The molecule has 1 amide bonds. The van der Waals surface area contributed by atoms with Gasteiger partial charge in [-0.25, -0.2) is 4.98 Å². The van der Waals surface area contributed by atoms with Gasteiger partial charge in [-0.2, -0.15) is 0 Å². The number of nitrogens with one attached hydrogen (secondary N) is 1. The van der Waals surface area contributed by atoms with Gasteiger partial charge < -0.3 is 9.47 Å². The van der Waals surface area contributed by atoms with Gasteiger partial charge in [0.15, 0.2) is 11.7 Å². The zero-order valence-corrected chi connectivity index (χ0v) is 14.9. The van der Waals surface area contributed by atoms with Crippen molar-refractivity contribution in [3.8, 4) is 5.75 Å². The van der Waals surface area contributed by atoms with E-state index in [0.717, 1.165) is 0 Å². The molecule has 0 atom stereocenters. The Hall–Kier alpha value is -2.45. The van der Waals surface area contributed by atoms with Crippen molar-refractivity contribution in [3.63, 3.8) is 0 Å². The third-order valence-corrected chi connectivity index (χ3v) is 3.98.